The molecule has 1 saturated heterocycles. The van der Waals surface area contributed by atoms with Gasteiger partial charge in [0.15, 0.2) is 0 Å². The molecule has 0 amide bonds. The van der Waals surface area contributed by atoms with Crippen LogP contribution >= 0.6 is 11.6 Å². The lowest BCUT2D eigenvalue weighted by Crippen LogP contribution is -2.44. The van der Waals surface area contributed by atoms with Crippen molar-refractivity contribution in [2.24, 2.45) is 0 Å². The predicted molar refractivity (Wildman–Crippen MR) is 73.8 cm³/mol. The van der Waals surface area contributed by atoms with Gasteiger partial charge in [0.2, 0.25) is 10.0 Å². The number of rotatable bonds is 4. The predicted octanol–water partition coefficient (Wildman–Crippen LogP) is 1.66. The van der Waals surface area contributed by atoms with Crippen LogP contribution in [0.25, 0.3) is 0 Å². The summed E-state index contributed by atoms with van der Waals surface area (Å²) in [7, 11) is -3.44. The van der Waals surface area contributed by atoms with E-state index in [1.165, 1.54) is 4.31 Å². The van der Waals surface area contributed by atoms with Gasteiger partial charge in [-0.2, -0.15) is 4.31 Å². The number of aryl methyl sites for hydroxylation is 1. The van der Waals surface area contributed by atoms with Crippen LogP contribution in [0.5, 0.6) is 0 Å². The topological polar surface area (TPSA) is 51.5 Å². The summed E-state index contributed by atoms with van der Waals surface area (Å²) in [5.74, 6) is 0.308. The first-order valence-electron chi connectivity index (χ1n) is 6.35. The van der Waals surface area contributed by atoms with Gasteiger partial charge >= 0.3 is 0 Å². The van der Waals surface area contributed by atoms with Gasteiger partial charge < -0.3 is 9.30 Å². The molecule has 19 heavy (non-hydrogen) atoms. The first-order chi connectivity index (χ1) is 8.98. The van der Waals surface area contributed by atoms with Crippen LogP contribution in [0.3, 0.4) is 0 Å². The van der Waals surface area contributed by atoms with Gasteiger partial charge in [-0.15, -0.1) is 11.6 Å². The van der Waals surface area contributed by atoms with Gasteiger partial charge in [0.05, 0.1) is 18.6 Å². The van der Waals surface area contributed by atoms with Crippen LogP contribution in [0.4, 0.5) is 0 Å². The maximum Gasteiger partial charge on any atom is 0.244 e. The normalized spacial score (nSPS) is 21.7. The molecule has 5 nitrogen and oxygen atoms in total. The fourth-order valence-corrected chi connectivity index (χ4v) is 4.02. The van der Waals surface area contributed by atoms with Crippen LogP contribution in [0.15, 0.2) is 17.2 Å². The molecule has 2 heterocycles. The number of morpholine rings is 1. The third-order valence-electron chi connectivity index (χ3n) is 3.28. The Morgan fingerprint density at radius 1 is 1.53 bits per heavy atom. The van der Waals surface area contributed by atoms with Crippen molar-refractivity contribution in [2.75, 3.05) is 19.7 Å². The molecule has 0 radical (unpaired) electrons. The molecule has 1 atom stereocenters. The second-order valence-corrected chi connectivity index (χ2v) is 6.84. The van der Waals surface area contributed by atoms with Crippen molar-refractivity contribution in [1.29, 1.82) is 0 Å². The van der Waals surface area contributed by atoms with E-state index in [0.29, 0.717) is 37.0 Å². The second-order valence-electron chi connectivity index (χ2n) is 4.63. The van der Waals surface area contributed by atoms with Gasteiger partial charge in [-0.3, -0.25) is 0 Å². The molecule has 0 spiro atoms. The van der Waals surface area contributed by atoms with Gasteiger partial charge in [0.1, 0.15) is 4.90 Å². The Morgan fingerprint density at radius 3 is 2.79 bits per heavy atom. The SMILES string of the molecule is CCn1cc(S(=O)(=O)N2CCOC(C)C2)cc1CCl. The number of aromatic nitrogens is 1. The standard InChI is InChI=1S/C12H19ClN2O3S/c1-3-14-9-12(6-11(14)7-13)19(16,17)15-4-5-18-10(2)8-15/h6,9-10H,3-5,7-8H2,1-2H3. The molecule has 1 unspecified atom stereocenters. The number of halogens is 1. The highest BCUT2D eigenvalue weighted by Crippen LogP contribution is 2.22. The van der Waals surface area contributed by atoms with Gasteiger partial charge in [-0.1, -0.05) is 0 Å². The van der Waals surface area contributed by atoms with Crippen LogP contribution in [0.2, 0.25) is 0 Å². The summed E-state index contributed by atoms with van der Waals surface area (Å²) in [6.45, 7) is 5.79. The Labute approximate surface area is 119 Å². The Bertz CT molecular complexity index is 520. The highest BCUT2D eigenvalue weighted by molar-refractivity contribution is 7.89. The molecule has 7 heteroatoms. The van der Waals surface area contributed by atoms with E-state index < -0.39 is 10.0 Å². The van der Waals surface area contributed by atoms with Crippen LogP contribution in [0, 0.1) is 0 Å². The first-order valence-corrected chi connectivity index (χ1v) is 8.33. The van der Waals surface area contributed by atoms with E-state index in [0.717, 1.165) is 5.69 Å². The summed E-state index contributed by atoms with van der Waals surface area (Å²) in [4.78, 5) is 0.319. The maximum atomic E-state index is 12.5. The summed E-state index contributed by atoms with van der Waals surface area (Å²) in [5, 5.41) is 0. The van der Waals surface area contributed by atoms with E-state index in [1.807, 2.05) is 18.4 Å². The Kier molecular flexibility index (Phi) is 4.55. The molecular formula is C12H19ClN2O3S. The minimum absolute atomic E-state index is 0.0655. The van der Waals surface area contributed by atoms with Crippen molar-refractivity contribution >= 4 is 21.6 Å². The Hall–Kier alpha value is -0.560. The third kappa shape index (κ3) is 2.97. The number of hydrogen-bond donors (Lipinski definition) is 0. The van der Waals surface area contributed by atoms with Crippen LogP contribution in [-0.4, -0.2) is 43.1 Å². The van der Waals surface area contributed by atoms with E-state index in [9.17, 15) is 8.42 Å². The van der Waals surface area contributed by atoms with Gasteiger partial charge in [0, 0.05) is 31.5 Å². The molecule has 0 saturated carbocycles. The number of ether oxygens (including phenoxy) is 1. The third-order valence-corrected chi connectivity index (χ3v) is 5.38. The fraction of sp³-hybridized carbons (Fsp3) is 0.667. The highest BCUT2D eigenvalue weighted by Gasteiger charge is 2.30. The smallest absolute Gasteiger partial charge is 0.244 e. The molecule has 0 bridgehead atoms. The van der Waals surface area contributed by atoms with Gasteiger partial charge in [-0.25, -0.2) is 8.42 Å². The zero-order valence-electron chi connectivity index (χ0n) is 11.2. The lowest BCUT2D eigenvalue weighted by atomic mass is 10.3. The van der Waals surface area contributed by atoms with Gasteiger partial charge in [-0.05, 0) is 19.9 Å². The molecule has 0 aromatic carbocycles. The van der Waals surface area contributed by atoms with Crippen molar-refractivity contribution in [2.45, 2.75) is 37.3 Å². The summed E-state index contributed by atoms with van der Waals surface area (Å²) in [6.07, 6.45) is 1.59. The molecule has 0 N–H and O–H groups in total. The van der Waals surface area contributed by atoms with E-state index in [4.69, 9.17) is 16.3 Å². The summed E-state index contributed by atoms with van der Waals surface area (Å²) in [6, 6.07) is 1.66. The molecule has 1 fully saturated rings. The largest absolute Gasteiger partial charge is 0.376 e. The number of nitrogens with zero attached hydrogens (tertiary/aromatic N) is 2. The molecule has 2 rings (SSSR count). The maximum absolute atomic E-state index is 12.5. The van der Waals surface area contributed by atoms with Crippen molar-refractivity contribution < 1.29 is 13.2 Å². The second kappa shape index (κ2) is 5.83. The lowest BCUT2D eigenvalue weighted by Gasteiger charge is -2.29. The minimum atomic E-state index is -3.44. The first kappa shape index (κ1) is 14.8. The summed E-state index contributed by atoms with van der Waals surface area (Å²) in [5.41, 5.74) is 0.823. The number of alkyl halides is 1. The quantitative estimate of drug-likeness (QED) is 0.795. The number of hydrogen-bond acceptors (Lipinski definition) is 3. The van der Waals surface area contributed by atoms with Crippen LogP contribution < -0.4 is 0 Å². The van der Waals surface area contributed by atoms with E-state index in [2.05, 4.69) is 0 Å². The average Bonchev–Trinajstić information content (AvgIpc) is 2.82. The number of sulfonamides is 1. The molecule has 1 aliphatic rings. The van der Waals surface area contributed by atoms with Crippen molar-refractivity contribution in [3.63, 3.8) is 0 Å². The van der Waals surface area contributed by atoms with E-state index in [-0.39, 0.29) is 6.10 Å². The Balaban J connectivity index is 2.31. The molecule has 1 aliphatic heterocycles. The summed E-state index contributed by atoms with van der Waals surface area (Å²) >= 11 is 5.83. The molecule has 108 valence electrons. The molecular weight excluding hydrogens is 288 g/mol. The molecule has 1 aromatic rings. The van der Waals surface area contributed by atoms with E-state index in [1.54, 1.807) is 12.3 Å². The Morgan fingerprint density at radius 2 is 2.26 bits per heavy atom. The minimum Gasteiger partial charge on any atom is -0.376 e. The molecule has 0 aliphatic carbocycles. The van der Waals surface area contributed by atoms with Crippen LogP contribution in [0.1, 0.15) is 19.5 Å². The van der Waals surface area contributed by atoms with Crippen molar-refractivity contribution in [1.82, 2.24) is 8.87 Å². The van der Waals surface area contributed by atoms with Gasteiger partial charge in [0.25, 0.3) is 0 Å². The zero-order valence-corrected chi connectivity index (χ0v) is 12.7. The molecule has 1 aromatic heterocycles. The summed E-state index contributed by atoms with van der Waals surface area (Å²) < 4.78 is 33.8. The van der Waals surface area contributed by atoms with Crippen LogP contribution in [-0.2, 0) is 27.2 Å². The lowest BCUT2D eigenvalue weighted by molar-refractivity contribution is 0.0102. The fourth-order valence-electron chi connectivity index (χ4n) is 2.23. The van der Waals surface area contributed by atoms with Crippen molar-refractivity contribution in [3.8, 4) is 0 Å². The highest BCUT2D eigenvalue weighted by atomic mass is 35.5. The monoisotopic (exact) mass is 306 g/mol. The van der Waals surface area contributed by atoms with E-state index >= 15 is 0 Å². The average molecular weight is 307 g/mol. The zero-order chi connectivity index (χ0) is 14.0. The van der Waals surface area contributed by atoms with Crippen molar-refractivity contribution in [3.05, 3.63) is 18.0 Å².